The van der Waals surface area contributed by atoms with Gasteiger partial charge in [0.15, 0.2) is 0 Å². The van der Waals surface area contributed by atoms with Gasteiger partial charge in [-0.05, 0) is 38.3 Å². The molecule has 84 valence electrons. The zero-order chi connectivity index (χ0) is 10.6. The second kappa shape index (κ2) is 5.72. The van der Waals surface area contributed by atoms with Crippen molar-refractivity contribution in [1.29, 1.82) is 0 Å². The van der Waals surface area contributed by atoms with Crippen LogP contribution in [0.2, 0.25) is 0 Å². The van der Waals surface area contributed by atoms with Gasteiger partial charge in [0.1, 0.15) is 0 Å². The maximum atomic E-state index is 3.48. The number of piperidine rings is 1. The Balaban J connectivity index is 2.25. The molecule has 1 saturated heterocycles. The molecule has 2 nitrogen and oxygen atoms in total. The molecule has 1 heterocycles. The van der Waals surface area contributed by atoms with Crippen LogP contribution in [-0.2, 0) is 0 Å². The second-order valence-corrected chi connectivity index (χ2v) is 4.96. The minimum Gasteiger partial charge on any atom is -0.313 e. The van der Waals surface area contributed by atoms with Crippen LogP contribution in [0.4, 0.5) is 0 Å². The van der Waals surface area contributed by atoms with E-state index in [1.165, 1.54) is 26.1 Å². The molecule has 3 atom stereocenters. The minimum absolute atomic E-state index is 0.639. The fourth-order valence-electron chi connectivity index (χ4n) is 2.32. The maximum absolute atomic E-state index is 3.48. The average Bonchev–Trinajstić information content (AvgIpc) is 2.12. The average molecular weight is 198 g/mol. The fourth-order valence-corrected chi connectivity index (χ4v) is 2.32. The van der Waals surface area contributed by atoms with Crippen LogP contribution < -0.4 is 5.32 Å². The first kappa shape index (κ1) is 12.0. The van der Waals surface area contributed by atoms with Gasteiger partial charge in [-0.25, -0.2) is 0 Å². The highest BCUT2D eigenvalue weighted by Gasteiger charge is 2.23. The van der Waals surface area contributed by atoms with Crippen LogP contribution >= 0.6 is 0 Å². The number of nitrogens with zero attached hydrogens (tertiary/aromatic N) is 1. The van der Waals surface area contributed by atoms with Gasteiger partial charge >= 0.3 is 0 Å². The van der Waals surface area contributed by atoms with Crippen LogP contribution in [0.1, 0.15) is 34.1 Å². The fraction of sp³-hybridized carbons (Fsp3) is 1.00. The van der Waals surface area contributed by atoms with Crippen LogP contribution in [0.3, 0.4) is 0 Å². The molecule has 1 N–H and O–H groups in total. The Bertz CT molecular complexity index is 158. The Morgan fingerprint density at radius 3 is 2.64 bits per heavy atom. The topological polar surface area (TPSA) is 15.3 Å². The zero-order valence-corrected chi connectivity index (χ0v) is 10.2. The van der Waals surface area contributed by atoms with Crippen LogP contribution in [-0.4, -0.2) is 37.1 Å². The molecule has 1 fully saturated rings. The first-order chi connectivity index (χ1) is 6.63. The summed E-state index contributed by atoms with van der Waals surface area (Å²) in [7, 11) is 0. The summed E-state index contributed by atoms with van der Waals surface area (Å²) in [5.41, 5.74) is 0. The van der Waals surface area contributed by atoms with E-state index in [1.807, 2.05) is 0 Å². The molecule has 1 aliphatic heterocycles. The van der Waals surface area contributed by atoms with E-state index in [9.17, 15) is 0 Å². The summed E-state index contributed by atoms with van der Waals surface area (Å²) in [6, 6.07) is 0.639. The lowest BCUT2D eigenvalue weighted by Crippen LogP contribution is -2.45. The van der Waals surface area contributed by atoms with Gasteiger partial charge in [-0.1, -0.05) is 20.8 Å². The summed E-state index contributed by atoms with van der Waals surface area (Å²) >= 11 is 0. The molecule has 14 heavy (non-hydrogen) atoms. The summed E-state index contributed by atoms with van der Waals surface area (Å²) in [6.07, 6.45) is 1.38. The van der Waals surface area contributed by atoms with Crippen molar-refractivity contribution >= 4 is 0 Å². The predicted octanol–water partition coefficient (Wildman–Crippen LogP) is 1.96. The summed E-state index contributed by atoms with van der Waals surface area (Å²) in [5, 5.41) is 3.48. The van der Waals surface area contributed by atoms with Crippen molar-refractivity contribution < 1.29 is 0 Å². The predicted molar refractivity (Wildman–Crippen MR) is 62.5 cm³/mol. The normalized spacial score (nSPS) is 31.7. The number of likely N-dealkylation sites (tertiary alicyclic amines) is 1. The number of hydrogen-bond donors (Lipinski definition) is 1. The first-order valence-electron chi connectivity index (χ1n) is 6.09. The summed E-state index contributed by atoms with van der Waals surface area (Å²) in [4.78, 5) is 2.61. The van der Waals surface area contributed by atoms with Crippen molar-refractivity contribution in [3.63, 3.8) is 0 Å². The quantitative estimate of drug-likeness (QED) is 0.743. The molecule has 0 radical (unpaired) electrons. The zero-order valence-electron chi connectivity index (χ0n) is 10.2. The monoisotopic (exact) mass is 198 g/mol. The largest absolute Gasteiger partial charge is 0.313 e. The number of rotatable bonds is 4. The van der Waals surface area contributed by atoms with Crippen molar-refractivity contribution in [1.82, 2.24) is 10.2 Å². The van der Waals surface area contributed by atoms with E-state index in [2.05, 4.69) is 37.9 Å². The molecule has 1 rings (SSSR count). The van der Waals surface area contributed by atoms with E-state index in [0.29, 0.717) is 6.04 Å². The van der Waals surface area contributed by atoms with Gasteiger partial charge in [0, 0.05) is 19.1 Å². The molecule has 1 aliphatic rings. The van der Waals surface area contributed by atoms with E-state index in [1.54, 1.807) is 0 Å². The molecular formula is C12H26N2. The van der Waals surface area contributed by atoms with Gasteiger partial charge in [0.2, 0.25) is 0 Å². The third kappa shape index (κ3) is 3.58. The molecule has 0 saturated carbocycles. The van der Waals surface area contributed by atoms with Crippen molar-refractivity contribution in [3.05, 3.63) is 0 Å². The summed E-state index contributed by atoms with van der Waals surface area (Å²) < 4.78 is 0. The Morgan fingerprint density at radius 1 is 1.36 bits per heavy atom. The first-order valence-corrected chi connectivity index (χ1v) is 6.09. The highest BCUT2D eigenvalue weighted by atomic mass is 15.2. The Morgan fingerprint density at radius 2 is 2.07 bits per heavy atom. The van der Waals surface area contributed by atoms with E-state index >= 15 is 0 Å². The Hall–Kier alpha value is -0.0800. The van der Waals surface area contributed by atoms with Gasteiger partial charge < -0.3 is 10.2 Å². The molecular weight excluding hydrogens is 172 g/mol. The number of likely N-dealkylation sites (N-methyl/N-ethyl adjacent to an activating group) is 1. The molecule has 0 spiro atoms. The molecule has 3 unspecified atom stereocenters. The lowest BCUT2D eigenvalue weighted by molar-refractivity contribution is 0.129. The summed E-state index contributed by atoms with van der Waals surface area (Å²) in [6.45, 7) is 14.1. The van der Waals surface area contributed by atoms with E-state index < -0.39 is 0 Å². The number of nitrogens with one attached hydrogen (secondary N) is 1. The smallest absolute Gasteiger partial charge is 0.0166 e. The van der Waals surface area contributed by atoms with E-state index in [4.69, 9.17) is 0 Å². The van der Waals surface area contributed by atoms with Crippen LogP contribution in [0.5, 0.6) is 0 Å². The molecule has 0 aromatic carbocycles. The molecule has 0 aromatic rings. The SMILES string of the molecule is CCNC(C)CN1CCC(C)C(C)C1. The molecule has 0 bridgehead atoms. The van der Waals surface area contributed by atoms with Crippen molar-refractivity contribution in [2.75, 3.05) is 26.2 Å². The lowest BCUT2D eigenvalue weighted by atomic mass is 9.88. The van der Waals surface area contributed by atoms with Crippen molar-refractivity contribution in [2.24, 2.45) is 11.8 Å². The van der Waals surface area contributed by atoms with Crippen molar-refractivity contribution in [2.45, 2.75) is 40.2 Å². The van der Waals surface area contributed by atoms with E-state index in [0.717, 1.165) is 18.4 Å². The van der Waals surface area contributed by atoms with Gasteiger partial charge in [-0.15, -0.1) is 0 Å². The minimum atomic E-state index is 0.639. The van der Waals surface area contributed by atoms with Gasteiger partial charge in [0.05, 0.1) is 0 Å². The molecule has 0 aliphatic carbocycles. The Kier molecular flexibility index (Phi) is 4.90. The third-order valence-electron chi connectivity index (χ3n) is 3.50. The van der Waals surface area contributed by atoms with Crippen LogP contribution in [0, 0.1) is 11.8 Å². The van der Waals surface area contributed by atoms with Gasteiger partial charge in [-0.2, -0.15) is 0 Å². The summed E-state index contributed by atoms with van der Waals surface area (Å²) in [5.74, 6) is 1.79. The van der Waals surface area contributed by atoms with E-state index in [-0.39, 0.29) is 0 Å². The molecule has 0 aromatic heterocycles. The highest BCUT2D eigenvalue weighted by Crippen LogP contribution is 2.22. The van der Waals surface area contributed by atoms with Gasteiger partial charge in [-0.3, -0.25) is 0 Å². The Labute approximate surface area is 89.1 Å². The maximum Gasteiger partial charge on any atom is 0.0166 e. The van der Waals surface area contributed by atoms with Crippen molar-refractivity contribution in [3.8, 4) is 0 Å². The van der Waals surface area contributed by atoms with Crippen LogP contribution in [0.25, 0.3) is 0 Å². The second-order valence-electron chi connectivity index (χ2n) is 4.96. The number of hydrogen-bond acceptors (Lipinski definition) is 2. The standard InChI is InChI=1S/C12H26N2/c1-5-13-12(4)9-14-7-6-10(2)11(3)8-14/h10-13H,5-9H2,1-4H3. The highest BCUT2D eigenvalue weighted by molar-refractivity contribution is 4.77. The van der Waals surface area contributed by atoms with Crippen LogP contribution in [0.15, 0.2) is 0 Å². The molecule has 0 amide bonds. The van der Waals surface area contributed by atoms with Gasteiger partial charge in [0.25, 0.3) is 0 Å². The third-order valence-corrected chi connectivity index (χ3v) is 3.50. The molecule has 2 heteroatoms. The lowest BCUT2D eigenvalue weighted by Gasteiger charge is -2.36.